The number of carbonyl (C=O) groups is 1. The van der Waals surface area contributed by atoms with E-state index in [1.54, 1.807) is 24.3 Å². The largest absolute Gasteiger partial charge is 0.799 e. The molecule has 3 rings (SSSR count). The van der Waals surface area contributed by atoms with Crippen LogP contribution in [-0.2, 0) is 0 Å². The summed E-state index contributed by atoms with van der Waals surface area (Å²) >= 11 is 0. The normalized spacial score (nSPS) is 26.6. The molecular weight excluding hydrogens is 220 g/mol. The van der Waals surface area contributed by atoms with Crippen LogP contribution in [0, 0.1) is 5.92 Å². The fraction of sp³-hybridized carbons (Fsp3) is 0.0769. The van der Waals surface area contributed by atoms with Crippen molar-refractivity contribution in [2.75, 3.05) is 0 Å². The third-order valence-electron chi connectivity index (χ3n) is 2.83. The first-order valence-electron chi connectivity index (χ1n) is 5.06. The van der Waals surface area contributed by atoms with Gasteiger partial charge in [0.2, 0.25) is 0 Å². The second-order valence-corrected chi connectivity index (χ2v) is 5.20. The lowest BCUT2D eigenvalue weighted by Gasteiger charge is -2.31. The van der Waals surface area contributed by atoms with Gasteiger partial charge in [0.1, 0.15) is 0 Å². The molecular formula is C13H9O2S-. The zero-order chi connectivity index (χ0) is 11.1. The maximum atomic E-state index is 12.2. The summed E-state index contributed by atoms with van der Waals surface area (Å²) < 4.78 is 12.2. The van der Waals surface area contributed by atoms with Gasteiger partial charge >= 0.3 is 0 Å². The number of hydrogen-bond acceptors (Lipinski definition) is 2. The molecule has 0 saturated heterocycles. The number of Topliss-reactive ketones (excluding diaryl/α,β-unsaturated/α-hetero) is 1. The van der Waals surface area contributed by atoms with Gasteiger partial charge < -0.3 is 4.55 Å². The highest BCUT2D eigenvalue weighted by Crippen LogP contribution is 2.37. The molecule has 2 atom stereocenters. The Hall–Kier alpha value is -1.45. The smallest absolute Gasteiger partial charge is 0.175 e. The monoisotopic (exact) mass is 229 g/mol. The first-order valence-corrected chi connectivity index (χ1v) is 6.21. The second-order valence-electron chi connectivity index (χ2n) is 3.75. The summed E-state index contributed by atoms with van der Waals surface area (Å²) in [6.45, 7) is 0. The highest BCUT2D eigenvalue weighted by atomic mass is 32.2. The summed E-state index contributed by atoms with van der Waals surface area (Å²) in [4.78, 5) is 13.5. The van der Waals surface area contributed by atoms with Crippen LogP contribution in [0.3, 0.4) is 0 Å². The van der Waals surface area contributed by atoms with Crippen molar-refractivity contribution in [3.63, 3.8) is 0 Å². The van der Waals surface area contributed by atoms with Gasteiger partial charge in [0.05, 0.1) is 5.92 Å². The van der Waals surface area contributed by atoms with Gasteiger partial charge in [0, 0.05) is 5.56 Å². The van der Waals surface area contributed by atoms with Crippen molar-refractivity contribution in [2.45, 2.75) is 4.90 Å². The predicted octanol–water partition coefficient (Wildman–Crippen LogP) is 2.56. The summed E-state index contributed by atoms with van der Waals surface area (Å²) in [5.74, 6) is -0.286. The zero-order valence-electron chi connectivity index (χ0n) is 8.42. The topological polar surface area (TPSA) is 40.1 Å². The van der Waals surface area contributed by atoms with Crippen LogP contribution in [0.4, 0.5) is 0 Å². The molecule has 2 nitrogen and oxygen atoms in total. The minimum absolute atomic E-state index is 0.0470. The Kier molecular flexibility index (Phi) is 2.16. The van der Waals surface area contributed by atoms with Crippen molar-refractivity contribution in [2.24, 2.45) is 5.92 Å². The first kappa shape index (κ1) is 9.75. The predicted molar refractivity (Wildman–Crippen MR) is 64.2 cm³/mol. The molecule has 0 N–H and O–H groups in total. The molecule has 3 heteroatoms. The van der Waals surface area contributed by atoms with Crippen LogP contribution in [-0.4, -0.2) is 15.2 Å². The maximum Gasteiger partial charge on any atom is 0.175 e. The lowest BCUT2D eigenvalue weighted by atomic mass is 9.91. The minimum Gasteiger partial charge on any atom is -0.799 e. The van der Waals surface area contributed by atoms with Crippen molar-refractivity contribution in [3.8, 4) is 0 Å². The van der Waals surface area contributed by atoms with Crippen molar-refractivity contribution in [1.29, 1.82) is 0 Å². The number of benzene rings is 1. The third-order valence-corrected chi connectivity index (χ3v) is 4.40. The van der Waals surface area contributed by atoms with Gasteiger partial charge in [-0.05, 0) is 15.8 Å². The fourth-order valence-corrected chi connectivity index (χ4v) is 3.49. The van der Waals surface area contributed by atoms with E-state index < -0.39 is 10.8 Å². The van der Waals surface area contributed by atoms with Crippen LogP contribution in [0.1, 0.15) is 10.4 Å². The Morgan fingerprint density at radius 2 is 2.00 bits per heavy atom. The Bertz CT molecular complexity index is 567. The molecule has 0 radical (unpaired) electrons. The molecule has 0 bridgehead atoms. The number of rotatable bonds is 0. The van der Waals surface area contributed by atoms with Crippen LogP contribution < -0.4 is 0 Å². The van der Waals surface area contributed by atoms with E-state index in [-0.39, 0.29) is 11.7 Å². The van der Waals surface area contributed by atoms with Gasteiger partial charge in [-0.3, -0.25) is 4.79 Å². The van der Waals surface area contributed by atoms with Crippen molar-refractivity contribution in [1.82, 2.24) is 0 Å². The molecule has 0 saturated carbocycles. The zero-order valence-corrected chi connectivity index (χ0v) is 9.24. The maximum absolute atomic E-state index is 12.2. The number of hydrogen-bond donors (Lipinski definition) is 0. The molecule has 0 aromatic heterocycles. The molecule has 1 aliphatic heterocycles. The summed E-state index contributed by atoms with van der Waals surface area (Å²) in [5, 5.41) is 0. The Morgan fingerprint density at radius 3 is 2.88 bits per heavy atom. The van der Waals surface area contributed by atoms with Crippen LogP contribution in [0.5, 0.6) is 0 Å². The lowest BCUT2D eigenvalue weighted by Crippen LogP contribution is -2.26. The van der Waals surface area contributed by atoms with Gasteiger partial charge in [0.15, 0.2) is 5.78 Å². The average Bonchev–Trinajstić information content (AvgIpc) is 2.36. The summed E-state index contributed by atoms with van der Waals surface area (Å²) in [7, 11) is -1.19. The number of carbonyl (C=O) groups excluding carboxylic acids is 1. The number of ketones is 1. The highest BCUT2D eigenvalue weighted by Gasteiger charge is 2.28. The van der Waals surface area contributed by atoms with Crippen molar-refractivity contribution < 1.29 is 9.35 Å². The number of fused-ring (bicyclic) bond motifs is 2. The Balaban J connectivity index is 2.31. The number of allylic oxidation sites excluding steroid dienone is 4. The minimum atomic E-state index is -1.19. The van der Waals surface area contributed by atoms with Gasteiger partial charge in [-0.1, -0.05) is 42.5 Å². The third kappa shape index (κ3) is 1.25. The molecule has 80 valence electrons. The standard InChI is InChI=1S/C13H9O2S/c14-13-9-5-1-3-7-11(9)16(15)12-8-4-2-6-10(12)13/h1-9H/q-1. The average molecular weight is 229 g/mol. The van der Waals surface area contributed by atoms with Gasteiger partial charge in [-0.2, -0.15) is 0 Å². The summed E-state index contributed by atoms with van der Waals surface area (Å²) in [5.41, 5.74) is 0.592. The summed E-state index contributed by atoms with van der Waals surface area (Å²) in [6, 6.07) is 7.13. The van der Waals surface area contributed by atoms with E-state index in [9.17, 15) is 9.35 Å². The Morgan fingerprint density at radius 1 is 1.19 bits per heavy atom. The fourth-order valence-electron chi connectivity index (χ4n) is 2.04. The molecule has 1 aromatic rings. The van der Waals surface area contributed by atoms with Crippen LogP contribution in [0.25, 0.3) is 0 Å². The van der Waals surface area contributed by atoms with E-state index in [4.69, 9.17) is 0 Å². The molecule has 16 heavy (non-hydrogen) atoms. The molecule has 2 aliphatic rings. The van der Waals surface area contributed by atoms with E-state index >= 15 is 0 Å². The summed E-state index contributed by atoms with van der Waals surface area (Å²) in [6.07, 6.45) is 7.25. The van der Waals surface area contributed by atoms with Crippen molar-refractivity contribution >= 4 is 21.4 Å². The van der Waals surface area contributed by atoms with Gasteiger partial charge in [-0.25, -0.2) is 10.8 Å². The van der Waals surface area contributed by atoms with Crippen molar-refractivity contribution in [3.05, 3.63) is 54.1 Å². The molecule has 1 heterocycles. The van der Waals surface area contributed by atoms with E-state index in [0.717, 1.165) is 0 Å². The molecule has 0 fully saturated rings. The molecule has 1 aromatic carbocycles. The van der Waals surface area contributed by atoms with E-state index in [2.05, 4.69) is 0 Å². The first-order chi connectivity index (χ1) is 7.79. The van der Waals surface area contributed by atoms with Gasteiger partial charge in [-0.15, -0.1) is 0 Å². The van der Waals surface area contributed by atoms with Crippen LogP contribution in [0.2, 0.25) is 0 Å². The molecule has 1 aliphatic carbocycles. The van der Waals surface area contributed by atoms with E-state index in [0.29, 0.717) is 15.3 Å². The lowest BCUT2D eigenvalue weighted by molar-refractivity contribution is 0.0969. The molecule has 2 unspecified atom stereocenters. The Labute approximate surface area is 96.1 Å². The highest BCUT2D eigenvalue weighted by molar-refractivity contribution is 8.11. The van der Waals surface area contributed by atoms with E-state index in [1.165, 1.54) is 0 Å². The second kappa shape index (κ2) is 3.54. The van der Waals surface area contributed by atoms with E-state index in [1.807, 2.05) is 24.3 Å². The SMILES string of the molecule is O=C1c2ccccc2S([O-])=C2C=CC=CC12. The van der Waals surface area contributed by atoms with Gasteiger partial charge in [0.25, 0.3) is 0 Å². The van der Waals surface area contributed by atoms with Crippen LogP contribution in [0.15, 0.2) is 53.5 Å². The molecule has 0 amide bonds. The quantitative estimate of drug-likeness (QED) is 0.641. The van der Waals surface area contributed by atoms with Crippen LogP contribution >= 0.6 is 10.8 Å². The molecule has 0 spiro atoms.